The van der Waals surface area contributed by atoms with Crippen molar-refractivity contribution in [2.75, 3.05) is 5.32 Å². The molecule has 3 N–H and O–H groups in total. The third-order valence-electron chi connectivity index (χ3n) is 2.23. The number of nitrogens with one attached hydrogen (secondary N) is 1. The number of phenolic OH excluding ortho intramolecular Hbond substituents is 1. The topological polar surface area (TPSA) is 130 Å². The van der Waals surface area contributed by atoms with Crippen molar-refractivity contribution in [2.45, 2.75) is 6.92 Å². The number of hydrogen-bond acceptors (Lipinski definition) is 5. The Morgan fingerprint density at radius 1 is 1.44 bits per heavy atom. The van der Waals surface area contributed by atoms with Crippen LogP contribution in [0.3, 0.4) is 0 Å². The minimum Gasteiger partial charge on any atom is -0.505 e. The van der Waals surface area contributed by atoms with Crippen LogP contribution in [0.1, 0.15) is 6.92 Å². The average molecular weight is 254 g/mol. The first-order valence-electron chi connectivity index (χ1n) is 4.84. The van der Waals surface area contributed by atoms with Crippen LogP contribution in [0.25, 0.3) is 0 Å². The molecule has 0 saturated heterocycles. The Labute approximate surface area is 101 Å². The molecule has 1 amide bonds. The van der Waals surface area contributed by atoms with Crippen molar-refractivity contribution < 1.29 is 24.7 Å². The number of nitro groups is 1. The molecule has 1 unspecified atom stereocenters. The summed E-state index contributed by atoms with van der Waals surface area (Å²) < 4.78 is 0. The molecule has 0 spiro atoms. The van der Waals surface area contributed by atoms with Crippen LogP contribution in [-0.2, 0) is 9.59 Å². The lowest BCUT2D eigenvalue weighted by atomic mass is 10.1. The molecular formula is C10H10N2O6. The highest BCUT2D eigenvalue weighted by Crippen LogP contribution is 2.33. The largest absolute Gasteiger partial charge is 0.505 e. The molecule has 0 aliphatic carbocycles. The van der Waals surface area contributed by atoms with E-state index in [9.17, 15) is 24.8 Å². The van der Waals surface area contributed by atoms with Crippen molar-refractivity contribution in [1.29, 1.82) is 0 Å². The molecule has 0 heterocycles. The van der Waals surface area contributed by atoms with Crippen molar-refractivity contribution in [3.05, 3.63) is 28.3 Å². The van der Waals surface area contributed by atoms with Crippen LogP contribution in [0.5, 0.6) is 5.75 Å². The minimum atomic E-state index is -1.38. The first-order chi connectivity index (χ1) is 8.34. The molecule has 0 bridgehead atoms. The molecular weight excluding hydrogens is 244 g/mol. The number of aromatic hydroxyl groups is 1. The lowest BCUT2D eigenvalue weighted by Crippen LogP contribution is -2.27. The molecule has 96 valence electrons. The normalized spacial score (nSPS) is 11.6. The van der Waals surface area contributed by atoms with Gasteiger partial charge in [-0.3, -0.25) is 19.7 Å². The van der Waals surface area contributed by atoms with Gasteiger partial charge in [0.2, 0.25) is 5.91 Å². The number of carboxylic acids is 1. The second kappa shape index (κ2) is 5.13. The van der Waals surface area contributed by atoms with Gasteiger partial charge >= 0.3 is 5.97 Å². The van der Waals surface area contributed by atoms with E-state index < -0.39 is 39.8 Å². The Hall–Kier alpha value is -2.64. The summed E-state index contributed by atoms with van der Waals surface area (Å²) in [6.07, 6.45) is 0. The lowest BCUT2D eigenvalue weighted by molar-refractivity contribution is -0.384. The number of nitro benzene ring substituents is 1. The Kier molecular flexibility index (Phi) is 3.82. The van der Waals surface area contributed by atoms with Crippen molar-refractivity contribution in [1.82, 2.24) is 0 Å². The third kappa shape index (κ3) is 2.73. The summed E-state index contributed by atoms with van der Waals surface area (Å²) in [5, 5.41) is 30.8. The van der Waals surface area contributed by atoms with E-state index in [0.717, 1.165) is 19.1 Å². The van der Waals surface area contributed by atoms with Gasteiger partial charge < -0.3 is 15.5 Å². The number of para-hydroxylation sites is 1. The molecule has 0 aliphatic heterocycles. The smallest absolute Gasteiger partial charge is 0.315 e. The number of rotatable bonds is 4. The summed E-state index contributed by atoms with van der Waals surface area (Å²) in [4.78, 5) is 31.9. The molecule has 8 nitrogen and oxygen atoms in total. The maximum Gasteiger partial charge on any atom is 0.315 e. The zero-order valence-electron chi connectivity index (χ0n) is 9.28. The number of nitrogens with zero attached hydrogens (tertiary/aromatic N) is 1. The van der Waals surface area contributed by atoms with E-state index in [-0.39, 0.29) is 0 Å². The van der Waals surface area contributed by atoms with Crippen molar-refractivity contribution >= 4 is 23.3 Å². The summed E-state index contributed by atoms with van der Waals surface area (Å²) in [5.41, 5.74) is -0.929. The fourth-order valence-corrected chi connectivity index (χ4v) is 1.15. The highest BCUT2D eigenvalue weighted by Gasteiger charge is 2.25. The molecule has 0 radical (unpaired) electrons. The van der Waals surface area contributed by atoms with Gasteiger partial charge in [0, 0.05) is 6.07 Å². The van der Waals surface area contributed by atoms with E-state index >= 15 is 0 Å². The molecule has 0 fully saturated rings. The van der Waals surface area contributed by atoms with Crippen molar-refractivity contribution in [2.24, 2.45) is 5.92 Å². The van der Waals surface area contributed by atoms with Crippen molar-refractivity contribution in [3.63, 3.8) is 0 Å². The zero-order valence-corrected chi connectivity index (χ0v) is 9.28. The van der Waals surface area contributed by atoms with Gasteiger partial charge in [-0.25, -0.2) is 0 Å². The summed E-state index contributed by atoms with van der Waals surface area (Å²) in [7, 11) is 0. The fraction of sp³-hybridized carbons (Fsp3) is 0.200. The fourth-order valence-electron chi connectivity index (χ4n) is 1.15. The molecule has 1 aromatic carbocycles. The van der Waals surface area contributed by atoms with Gasteiger partial charge in [0.1, 0.15) is 11.7 Å². The number of carbonyl (C=O) groups is 2. The minimum absolute atomic E-state index is 0.416. The average Bonchev–Trinajstić information content (AvgIpc) is 2.30. The highest BCUT2D eigenvalue weighted by atomic mass is 16.6. The molecule has 0 aliphatic rings. The molecule has 0 aromatic heterocycles. The first kappa shape index (κ1) is 13.4. The van der Waals surface area contributed by atoms with Crippen LogP contribution in [0.15, 0.2) is 18.2 Å². The predicted molar refractivity (Wildman–Crippen MR) is 60.2 cm³/mol. The number of benzene rings is 1. The third-order valence-corrected chi connectivity index (χ3v) is 2.23. The number of aliphatic carboxylic acids is 1. The maximum atomic E-state index is 11.5. The summed E-state index contributed by atoms with van der Waals surface area (Å²) in [6.45, 7) is 1.13. The molecule has 0 saturated carbocycles. The summed E-state index contributed by atoms with van der Waals surface area (Å²) >= 11 is 0. The number of phenols is 1. The van der Waals surface area contributed by atoms with Gasteiger partial charge in [-0.15, -0.1) is 0 Å². The summed E-state index contributed by atoms with van der Waals surface area (Å²) in [5.74, 6) is -4.21. The standard InChI is InChI=1S/C10H10N2O6/c1-5(10(15)16)9(14)11-8-6(12(17)18)3-2-4-7(8)13/h2-5,13H,1H3,(H,11,14)(H,15,16). The lowest BCUT2D eigenvalue weighted by Gasteiger charge is -2.09. The van der Waals surface area contributed by atoms with Crippen LogP contribution in [0.4, 0.5) is 11.4 Å². The second-order valence-corrected chi connectivity index (χ2v) is 3.48. The molecule has 1 atom stereocenters. The highest BCUT2D eigenvalue weighted by molar-refractivity contribution is 6.05. The Balaban J connectivity index is 3.07. The van der Waals surface area contributed by atoms with E-state index in [2.05, 4.69) is 0 Å². The van der Waals surface area contributed by atoms with E-state index in [1.54, 1.807) is 0 Å². The molecule has 1 rings (SSSR count). The van der Waals surface area contributed by atoms with Gasteiger partial charge in [0.15, 0.2) is 5.69 Å². The van der Waals surface area contributed by atoms with Gasteiger partial charge in [-0.2, -0.15) is 0 Å². The van der Waals surface area contributed by atoms with E-state index in [4.69, 9.17) is 5.11 Å². The maximum absolute atomic E-state index is 11.5. The molecule has 8 heteroatoms. The zero-order chi connectivity index (χ0) is 13.9. The quantitative estimate of drug-likeness (QED) is 0.317. The Bertz CT molecular complexity index is 513. The summed E-state index contributed by atoms with van der Waals surface area (Å²) in [6, 6.07) is 3.47. The van der Waals surface area contributed by atoms with E-state index in [1.165, 1.54) is 6.07 Å². The molecule has 18 heavy (non-hydrogen) atoms. The van der Waals surface area contributed by atoms with Crippen LogP contribution in [-0.4, -0.2) is 27.0 Å². The van der Waals surface area contributed by atoms with Gasteiger partial charge in [-0.05, 0) is 13.0 Å². The first-order valence-corrected chi connectivity index (χ1v) is 4.84. The SMILES string of the molecule is CC(C(=O)O)C(=O)Nc1c(O)cccc1[N+](=O)[O-]. The number of carboxylic acid groups (broad SMARTS) is 1. The van der Waals surface area contributed by atoms with E-state index in [0.29, 0.717) is 0 Å². The number of amides is 1. The van der Waals surface area contributed by atoms with Crippen LogP contribution >= 0.6 is 0 Å². The van der Waals surface area contributed by atoms with Gasteiger partial charge in [0.05, 0.1) is 4.92 Å². The Morgan fingerprint density at radius 3 is 2.56 bits per heavy atom. The van der Waals surface area contributed by atoms with Gasteiger partial charge in [-0.1, -0.05) is 6.07 Å². The number of hydrogen-bond donors (Lipinski definition) is 3. The van der Waals surface area contributed by atoms with Crippen LogP contribution in [0.2, 0.25) is 0 Å². The number of carbonyl (C=O) groups excluding carboxylic acids is 1. The second-order valence-electron chi connectivity index (χ2n) is 3.48. The monoisotopic (exact) mass is 254 g/mol. The van der Waals surface area contributed by atoms with E-state index in [1.807, 2.05) is 5.32 Å². The van der Waals surface area contributed by atoms with Crippen LogP contribution in [0, 0.1) is 16.0 Å². The van der Waals surface area contributed by atoms with Crippen LogP contribution < -0.4 is 5.32 Å². The number of anilines is 1. The van der Waals surface area contributed by atoms with Gasteiger partial charge in [0.25, 0.3) is 5.69 Å². The predicted octanol–water partition coefficient (Wildman–Crippen LogP) is 0.960. The molecule has 1 aromatic rings. The van der Waals surface area contributed by atoms with Crippen molar-refractivity contribution in [3.8, 4) is 5.75 Å². The Morgan fingerprint density at radius 2 is 2.06 bits per heavy atom.